The standard InChI is InChI=1S/C26H42O6/c1-3-4-7-13-26(2,32-25-11-6-9-16-29-25)14-12-19-20-17-23(27)30-22(20)18-21(19)31-24-10-5-8-15-28-24/h12,14,19-22,24-25H,3-11,13,15-18H2,1-2H3/t19-,20-,21-,22+,24?,25?,26+/m1/s1. The van der Waals surface area contributed by atoms with Crippen LogP contribution in [-0.4, -0.2) is 49.6 Å². The summed E-state index contributed by atoms with van der Waals surface area (Å²) in [6, 6.07) is 0. The van der Waals surface area contributed by atoms with E-state index in [0.29, 0.717) is 6.42 Å². The molecule has 4 fully saturated rings. The van der Waals surface area contributed by atoms with Crippen molar-refractivity contribution in [3.8, 4) is 0 Å². The van der Waals surface area contributed by atoms with E-state index < -0.39 is 0 Å². The van der Waals surface area contributed by atoms with Gasteiger partial charge in [-0.2, -0.15) is 0 Å². The zero-order chi connectivity index (χ0) is 22.4. The Morgan fingerprint density at radius 1 is 1.06 bits per heavy atom. The number of rotatable bonds is 10. The molecule has 32 heavy (non-hydrogen) atoms. The van der Waals surface area contributed by atoms with Crippen molar-refractivity contribution < 1.29 is 28.5 Å². The summed E-state index contributed by atoms with van der Waals surface area (Å²) in [6.45, 7) is 5.95. The van der Waals surface area contributed by atoms with Gasteiger partial charge in [-0.25, -0.2) is 0 Å². The molecule has 0 spiro atoms. The molecule has 0 amide bonds. The first-order valence-electron chi connectivity index (χ1n) is 13.0. The third kappa shape index (κ3) is 6.34. The van der Waals surface area contributed by atoms with Gasteiger partial charge in [0.05, 0.1) is 18.1 Å². The molecule has 4 rings (SSSR count). The summed E-state index contributed by atoms with van der Waals surface area (Å²) in [7, 11) is 0. The largest absolute Gasteiger partial charge is 0.462 e. The van der Waals surface area contributed by atoms with Gasteiger partial charge < -0.3 is 23.7 Å². The highest BCUT2D eigenvalue weighted by Crippen LogP contribution is 2.44. The maximum Gasteiger partial charge on any atom is 0.306 e. The molecule has 2 unspecified atom stereocenters. The Bertz CT molecular complexity index is 624. The highest BCUT2D eigenvalue weighted by atomic mass is 16.7. The maximum absolute atomic E-state index is 12.0. The molecule has 0 aromatic rings. The molecule has 3 aliphatic heterocycles. The van der Waals surface area contributed by atoms with Crippen LogP contribution in [0.3, 0.4) is 0 Å². The van der Waals surface area contributed by atoms with Crippen LogP contribution < -0.4 is 0 Å². The fourth-order valence-corrected chi connectivity index (χ4v) is 5.65. The van der Waals surface area contributed by atoms with E-state index in [4.69, 9.17) is 23.7 Å². The van der Waals surface area contributed by atoms with Crippen molar-refractivity contribution in [3.05, 3.63) is 12.2 Å². The smallest absolute Gasteiger partial charge is 0.306 e. The Hall–Kier alpha value is -0.950. The lowest BCUT2D eigenvalue weighted by Crippen LogP contribution is -2.36. The van der Waals surface area contributed by atoms with E-state index in [1.54, 1.807) is 0 Å². The fraction of sp³-hybridized carbons (Fsp3) is 0.885. The fourth-order valence-electron chi connectivity index (χ4n) is 5.65. The third-order valence-electron chi connectivity index (χ3n) is 7.50. The molecule has 1 saturated carbocycles. The van der Waals surface area contributed by atoms with E-state index in [0.717, 1.165) is 71.0 Å². The first-order valence-corrected chi connectivity index (χ1v) is 13.0. The van der Waals surface area contributed by atoms with Crippen LogP contribution in [0, 0.1) is 11.8 Å². The van der Waals surface area contributed by atoms with Crippen LogP contribution in [0.2, 0.25) is 0 Å². The van der Waals surface area contributed by atoms with Gasteiger partial charge in [-0.1, -0.05) is 38.3 Å². The van der Waals surface area contributed by atoms with Gasteiger partial charge in [0.2, 0.25) is 0 Å². The molecular formula is C26H42O6. The first kappa shape index (κ1) is 24.2. The number of ether oxygens (including phenoxy) is 5. The molecular weight excluding hydrogens is 408 g/mol. The van der Waals surface area contributed by atoms with Crippen molar-refractivity contribution in [2.75, 3.05) is 13.2 Å². The molecule has 0 radical (unpaired) electrons. The number of hydrogen-bond acceptors (Lipinski definition) is 6. The van der Waals surface area contributed by atoms with Gasteiger partial charge in [0.1, 0.15) is 6.10 Å². The van der Waals surface area contributed by atoms with Gasteiger partial charge in [0, 0.05) is 31.5 Å². The van der Waals surface area contributed by atoms with E-state index in [1.165, 1.54) is 12.8 Å². The minimum absolute atomic E-state index is 0.0169. The van der Waals surface area contributed by atoms with Crippen LogP contribution in [0.4, 0.5) is 0 Å². The van der Waals surface area contributed by atoms with Gasteiger partial charge in [-0.15, -0.1) is 0 Å². The second-order valence-corrected chi connectivity index (χ2v) is 10.2. The molecule has 182 valence electrons. The summed E-state index contributed by atoms with van der Waals surface area (Å²) in [6.07, 6.45) is 16.3. The summed E-state index contributed by atoms with van der Waals surface area (Å²) >= 11 is 0. The number of fused-ring (bicyclic) bond motifs is 1. The summed E-state index contributed by atoms with van der Waals surface area (Å²) < 4.78 is 30.3. The van der Waals surface area contributed by atoms with Crippen molar-refractivity contribution in [1.29, 1.82) is 0 Å². The predicted octanol–water partition coefficient (Wildman–Crippen LogP) is 5.29. The second kappa shape index (κ2) is 11.5. The van der Waals surface area contributed by atoms with Gasteiger partial charge in [0.15, 0.2) is 12.6 Å². The summed E-state index contributed by atoms with van der Waals surface area (Å²) in [5.74, 6) is 0.236. The van der Waals surface area contributed by atoms with E-state index in [2.05, 4.69) is 26.0 Å². The molecule has 7 atom stereocenters. The van der Waals surface area contributed by atoms with Gasteiger partial charge >= 0.3 is 5.97 Å². The molecule has 3 saturated heterocycles. The third-order valence-corrected chi connectivity index (χ3v) is 7.50. The number of carbonyl (C=O) groups excluding carboxylic acids is 1. The van der Waals surface area contributed by atoms with Crippen molar-refractivity contribution in [3.63, 3.8) is 0 Å². The van der Waals surface area contributed by atoms with Crippen LogP contribution in [0.25, 0.3) is 0 Å². The number of hydrogen-bond donors (Lipinski definition) is 0. The summed E-state index contributed by atoms with van der Waals surface area (Å²) in [5.41, 5.74) is -0.384. The van der Waals surface area contributed by atoms with Gasteiger partial charge in [0.25, 0.3) is 0 Å². The zero-order valence-electron chi connectivity index (χ0n) is 20.0. The van der Waals surface area contributed by atoms with Crippen molar-refractivity contribution in [2.24, 2.45) is 11.8 Å². The molecule has 3 heterocycles. The highest BCUT2D eigenvalue weighted by Gasteiger charge is 2.50. The number of unbranched alkanes of at least 4 members (excludes halogenated alkanes) is 2. The average molecular weight is 451 g/mol. The van der Waals surface area contributed by atoms with E-state index in [1.807, 2.05) is 0 Å². The van der Waals surface area contributed by atoms with Crippen LogP contribution in [0.1, 0.15) is 90.9 Å². The van der Waals surface area contributed by atoms with Crippen molar-refractivity contribution in [2.45, 2.75) is 121 Å². The van der Waals surface area contributed by atoms with Crippen LogP contribution in [-0.2, 0) is 28.5 Å². The Morgan fingerprint density at radius 2 is 1.81 bits per heavy atom. The molecule has 6 nitrogen and oxygen atoms in total. The molecule has 6 heteroatoms. The molecule has 0 N–H and O–H groups in total. The summed E-state index contributed by atoms with van der Waals surface area (Å²) in [5, 5.41) is 0. The highest BCUT2D eigenvalue weighted by molar-refractivity contribution is 5.72. The number of esters is 1. The molecule has 1 aliphatic carbocycles. The topological polar surface area (TPSA) is 63.2 Å². The maximum atomic E-state index is 12.0. The first-order chi connectivity index (χ1) is 15.6. The van der Waals surface area contributed by atoms with E-state index >= 15 is 0 Å². The molecule has 0 aromatic carbocycles. The summed E-state index contributed by atoms with van der Waals surface area (Å²) in [4.78, 5) is 12.0. The lowest BCUT2D eigenvalue weighted by Gasteiger charge is -2.34. The van der Waals surface area contributed by atoms with Crippen molar-refractivity contribution >= 4 is 5.97 Å². The van der Waals surface area contributed by atoms with Gasteiger partial charge in [-0.3, -0.25) is 4.79 Å². The minimum Gasteiger partial charge on any atom is -0.462 e. The minimum atomic E-state index is -0.384. The number of carbonyl (C=O) groups is 1. The zero-order valence-corrected chi connectivity index (χ0v) is 20.0. The van der Waals surface area contributed by atoms with Crippen LogP contribution >= 0.6 is 0 Å². The van der Waals surface area contributed by atoms with Crippen molar-refractivity contribution in [1.82, 2.24) is 0 Å². The predicted molar refractivity (Wildman–Crippen MR) is 121 cm³/mol. The molecule has 0 bridgehead atoms. The Balaban J connectivity index is 1.46. The Morgan fingerprint density at radius 3 is 2.50 bits per heavy atom. The normalized spacial score (nSPS) is 37.4. The Kier molecular flexibility index (Phi) is 8.66. The van der Waals surface area contributed by atoms with Crippen LogP contribution in [0.15, 0.2) is 12.2 Å². The average Bonchev–Trinajstić information content (AvgIpc) is 3.29. The molecule has 4 aliphatic rings. The molecule has 0 aromatic heterocycles. The monoisotopic (exact) mass is 450 g/mol. The van der Waals surface area contributed by atoms with E-state index in [-0.39, 0.29) is 48.2 Å². The van der Waals surface area contributed by atoms with Gasteiger partial charge in [-0.05, 0) is 51.9 Å². The van der Waals surface area contributed by atoms with E-state index in [9.17, 15) is 4.79 Å². The second-order valence-electron chi connectivity index (χ2n) is 10.2. The SMILES string of the molecule is CCCCC[C@@](C)(C=C[C@@H]1[C@H]2CC(=O)O[C@H]2C[C@H]1OC1CCCCO1)OC1CCCCO1. The lowest BCUT2D eigenvalue weighted by molar-refractivity contribution is -0.208. The van der Waals surface area contributed by atoms with Crippen LogP contribution in [0.5, 0.6) is 0 Å². The lowest BCUT2D eigenvalue weighted by atomic mass is 9.88. The Labute approximate surface area is 193 Å². The quantitative estimate of drug-likeness (QED) is 0.256.